The molecule has 0 amide bonds. The Morgan fingerprint density at radius 3 is 1.62 bits per heavy atom. The summed E-state index contributed by atoms with van der Waals surface area (Å²) in [6.07, 6.45) is 12.7. The van der Waals surface area contributed by atoms with E-state index in [4.69, 9.17) is 34.7 Å². The molecule has 6 heteroatoms. The fourth-order valence-corrected chi connectivity index (χ4v) is 5.20. The first-order valence-corrected chi connectivity index (χ1v) is 12.9. The van der Waals surface area contributed by atoms with Crippen molar-refractivity contribution in [2.45, 2.75) is 56.9 Å². The Hall–Kier alpha value is -2.24. The Bertz CT molecular complexity index is 1170. The van der Waals surface area contributed by atoms with Crippen molar-refractivity contribution in [3.8, 4) is 0 Å². The zero-order chi connectivity index (χ0) is 24.0. The number of halogens is 2. The van der Waals surface area contributed by atoms with Crippen LogP contribution < -0.4 is 11.5 Å². The highest BCUT2D eigenvalue weighted by atomic mass is 35.5. The molecule has 4 rings (SSSR count). The van der Waals surface area contributed by atoms with Crippen molar-refractivity contribution >= 4 is 45.0 Å². The van der Waals surface area contributed by atoms with E-state index in [2.05, 4.69) is 9.97 Å². The molecule has 0 unspecified atom stereocenters. The van der Waals surface area contributed by atoms with E-state index < -0.39 is 5.54 Å². The molecule has 0 aliphatic carbocycles. The highest BCUT2D eigenvalue weighted by Crippen LogP contribution is 2.39. The molecule has 178 valence electrons. The quantitative estimate of drug-likeness (QED) is 0.213. The molecule has 0 bridgehead atoms. The van der Waals surface area contributed by atoms with Crippen molar-refractivity contribution in [1.29, 1.82) is 0 Å². The summed E-state index contributed by atoms with van der Waals surface area (Å²) in [5.74, 6) is 0. The first-order chi connectivity index (χ1) is 16.5. The van der Waals surface area contributed by atoms with Gasteiger partial charge < -0.3 is 11.5 Å². The third kappa shape index (κ3) is 5.52. The zero-order valence-corrected chi connectivity index (χ0v) is 21.0. The van der Waals surface area contributed by atoms with Crippen LogP contribution >= 0.6 is 23.2 Å². The molecule has 0 aliphatic rings. The lowest BCUT2D eigenvalue weighted by Gasteiger charge is -2.33. The lowest BCUT2D eigenvalue weighted by atomic mass is 9.77. The average Bonchev–Trinajstić information content (AvgIpc) is 2.84. The highest BCUT2D eigenvalue weighted by Gasteiger charge is 2.32. The molecule has 0 spiro atoms. The molecule has 4 N–H and O–H groups in total. The number of nitrogens with zero attached hydrogens (tertiary/aromatic N) is 2. The second-order valence-corrected chi connectivity index (χ2v) is 9.90. The number of benzene rings is 2. The Morgan fingerprint density at radius 1 is 0.647 bits per heavy atom. The minimum Gasteiger partial charge on any atom is -0.330 e. The zero-order valence-electron chi connectivity index (χ0n) is 19.4. The lowest BCUT2D eigenvalue weighted by molar-refractivity contribution is 0.456. The minimum atomic E-state index is -0.705. The fraction of sp³-hybridized carbons (Fsp3) is 0.357. The van der Waals surface area contributed by atoms with Crippen molar-refractivity contribution in [3.05, 3.63) is 82.1 Å². The van der Waals surface area contributed by atoms with Crippen molar-refractivity contribution in [2.75, 3.05) is 6.54 Å². The number of fused-ring (bicyclic) bond motifs is 2. The number of nitrogens with two attached hydrogens (primary N) is 2. The topological polar surface area (TPSA) is 77.8 Å². The van der Waals surface area contributed by atoms with Crippen LogP contribution in [0.1, 0.15) is 62.5 Å². The van der Waals surface area contributed by atoms with Gasteiger partial charge in [-0.1, -0.05) is 73.9 Å². The van der Waals surface area contributed by atoms with Gasteiger partial charge in [0, 0.05) is 33.2 Å². The number of unbranched alkanes of at least 4 members (excludes halogenated alkanes) is 6. The Labute approximate surface area is 211 Å². The van der Waals surface area contributed by atoms with Crippen LogP contribution in [0.3, 0.4) is 0 Å². The Balaban J connectivity index is 1.70. The van der Waals surface area contributed by atoms with Gasteiger partial charge in [-0.2, -0.15) is 0 Å². The summed E-state index contributed by atoms with van der Waals surface area (Å²) < 4.78 is 0. The maximum absolute atomic E-state index is 7.39. The fourth-order valence-electron chi connectivity index (χ4n) is 4.87. The van der Waals surface area contributed by atoms with Crippen molar-refractivity contribution < 1.29 is 0 Å². The second kappa shape index (κ2) is 11.5. The number of rotatable bonds is 11. The number of pyridine rings is 2. The number of aromatic nitrogens is 2. The van der Waals surface area contributed by atoms with E-state index in [9.17, 15) is 0 Å². The maximum atomic E-state index is 7.39. The van der Waals surface area contributed by atoms with Crippen LogP contribution in [0.2, 0.25) is 10.0 Å². The molecule has 0 radical (unpaired) electrons. The number of hydrogen-bond donors (Lipinski definition) is 2. The second-order valence-electron chi connectivity index (χ2n) is 9.02. The lowest BCUT2D eigenvalue weighted by Crippen LogP contribution is -2.38. The summed E-state index contributed by atoms with van der Waals surface area (Å²) in [5.41, 5.74) is 16.1. The van der Waals surface area contributed by atoms with Crippen LogP contribution in [0.15, 0.2) is 60.9 Å². The van der Waals surface area contributed by atoms with Gasteiger partial charge in [0.25, 0.3) is 0 Å². The van der Waals surface area contributed by atoms with E-state index in [0.29, 0.717) is 10.0 Å². The normalized spacial score (nSPS) is 12.0. The molecule has 34 heavy (non-hydrogen) atoms. The maximum Gasteiger partial charge on any atom is 0.0720 e. The van der Waals surface area contributed by atoms with Crippen LogP contribution in [-0.2, 0) is 5.54 Å². The van der Waals surface area contributed by atoms with Crippen LogP contribution in [0.25, 0.3) is 21.8 Å². The van der Waals surface area contributed by atoms with E-state index in [1.807, 2.05) is 60.9 Å². The van der Waals surface area contributed by atoms with Gasteiger partial charge in [-0.25, -0.2) is 0 Å². The van der Waals surface area contributed by atoms with Crippen molar-refractivity contribution in [1.82, 2.24) is 9.97 Å². The summed E-state index contributed by atoms with van der Waals surface area (Å²) in [4.78, 5) is 9.10. The summed E-state index contributed by atoms with van der Waals surface area (Å²) in [6, 6.07) is 15.7. The smallest absolute Gasteiger partial charge is 0.0720 e. The number of hydrogen-bond acceptors (Lipinski definition) is 4. The minimum absolute atomic E-state index is 0.665. The SMILES string of the molecule is NCCCCCCCCCC(N)(c1ccnc2cc(Cl)ccc12)c1ccnc2cc(Cl)ccc12. The largest absolute Gasteiger partial charge is 0.330 e. The van der Waals surface area contributed by atoms with E-state index in [0.717, 1.165) is 65.2 Å². The van der Waals surface area contributed by atoms with Crippen LogP contribution in [0.5, 0.6) is 0 Å². The highest BCUT2D eigenvalue weighted by molar-refractivity contribution is 6.31. The Morgan fingerprint density at radius 2 is 1.12 bits per heavy atom. The third-order valence-corrected chi connectivity index (χ3v) is 7.12. The van der Waals surface area contributed by atoms with Crippen LogP contribution in [-0.4, -0.2) is 16.5 Å². The van der Waals surface area contributed by atoms with E-state index in [1.165, 1.54) is 25.7 Å². The average molecular weight is 495 g/mol. The van der Waals surface area contributed by atoms with Gasteiger partial charge in [0.15, 0.2) is 0 Å². The Kier molecular flexibility index (Phi) is 8.38. The summed E-state index contributed by atoms with van der Waals surface area (Å²) in [7, 11) is 0. The van der Waals surface area contributed by atoms with Gasteiger partial charge in [0.1, 0.15) is 0 Å². The van der Waals surface area contributed by atoms with Gasteiger partial charge >= 0.3 is 0 Å². The van der Waals surface area contributed by atoms with Crippen molar-refractivity contribution in [2.24, 2.45) is 11.5 Å². The van der Waals surface area contributed by atoms with Crippen LogP contribution in [0.4, 0.5) is 0 Å². The standard InChI is InChI=1S/C28H32Cl2N4/c29-20-8-10-22-24(12-16-33-26(22)18-20)28(32,14-6-4-2-1-3-5-7-15-31)25-13-17-34-27-19-21(30)9-11-23(25)27/h8-13,16-19H,1-7,14-15,31-32H2. The molecule has 4 nitrogen and oxygen atoms in total. The molecule has 0 atom stereocenters. The van der Waals surface area contributed by atoms with Gasteiger partial charge in [0.05, 0.1) is 16.6 Å². The van der Waals surface area contributed by atoms with E-state index >= 15 is 0 Å². The first kappa shape index (κ1) is 24.9. The van der Waals surface area contributed by atoms with Gasteiger partial charge in [-0.3, -0.25) is 9.97 Å². The van der Waals surface area contributed by atoms with E-state index in [-0.39, 0.29) is 0 Å². The summed E-state index contributed by atoms with van der Waals surface area (Å²) in [5, 5.41) is 3.38. The predicted octanol–water partition coefficient (Wildman–Crippen LogP) is 7.37. The van der Waals surface area contributed by atoms with E-state index in [1.54, 1.807) is 0 Å². The molecule has 2 heterocycles. The third-order valence-electron chi connectivity index (χ3n) is 6.65. The predicted molar refractivity (Wildman–Crippen MR) is 144 cm³/mol. The summed E-state index contributed by atoms with van der Waals surface area (Å²) in [6.45, 7) is 0.784. The molecule has 2 aromatic heterocycles. The summed E-state index contributed by atoms with van der Waals surface area (Å²) >= 11 is 12.5. The van der Waals surface area contributed by atoms with Gasteiger partial charge in [0.2, 0.25) is 0 Å². The molecule has 0 saturated carbocycles. The molecule has 0 aliphatic heterocycles. The molecular weight excluding hydrogens is 463 g/mol. The molecule has 2 aromatic carbocycles. The van der Waals surface area contributed by atoms with Crippen LogP contribution in [0, 0.1) is 0 Å². The van der Waals surface area contributed by atoms with Gasteiger partial charge in [-0.05, 0) is 66.9 Å². The van der Waals surface area contributed by atoms with Gasteiger partial charge in [-0.15, -0.1) is 0 Å². The molecule has 0 saturated heterocycles. The molecule has 4 aromatic rings. The molecule has 0 fully saturated rings. The molecular formula is C28H32Cl2N4. The van der Waals surface area contributed by atoms with Crippen molar-refractivity contribution in [3.63, 3.8) is 0 Å². The first-order valence-electron chi connectivity index (χ1n) is 12.1. The monoisotopic (exact) mass is 494 g/mol.